The highest BCUT2D eigenvalue weighted by atomic mass is 16.5. The third-order valence-corrected chi connectivity index (χ3v) is 2.43. The van der Waals surface area contributed by atoms with Crippen LogP contribution in [-0.2, 0) is 4.79 Å². The van der Waals surface area contributed by atoms with E-state index in [-0.39, 0.29) is 17.2 Å². The van der Waals surface area contributed by atoms with Gasteiger partial charge in [0.15, 0.2) is 11.3 Å². The predicted molar refractivity (Wildman–Crippen MR) is 67.8 cm³/mol. The van der Waals surface area contributed by atoms with Gasteiger partial charge in [-0.3, -0.25) is 4.79 Å². The van der Waals surface area contributed by atoms with Gasteiger partial charge in [-0.05, 0) is 18.2 Å². The lowest BCUT2D eigenvalue weighted by atomic mass is 10.2. The first kappa shape index (κ1) is 12.0. The highest BCUT2D eigenvalue weighted by Gasteiger charge is 2.12. The summed E-state index contributed by atoms with van der Waals surface area (Å²) in [7, 11) is 1.46. The Labute approximate surface area is 102 Å². The number of nitrogens with one attached hydrogen (secondary N) is 1. The average molecular weight is 248 g/mol. The Bertz CT molecular complexity index is 676. The fourth-order valence-electron chi connectivity index (χ4n) is 1.64. The van der Waals surface area contributed by atoms with E-state index < -0.39 is 5.63 Å². The maximum absolute atomic E-state index is 11.7. The second-order valence-electron chi connectivity index (χ2n) is 3.73. The molecule has 94 valence electrons. The van der Waals surface area contributed by atoms with Gasteiger partial charge in [0, 0.05) is 18.0 Å². The number of ether oxygens (including phenoxy) is 1. The molecule has 0 aliphatic carbocycles. The molecular formula is C12H12N2O4. The lowest BCUT2D eigenvalue weighted by Gasteiger charge is -2.08. The Morgan fingerprint density at radius 1 is 1.44 bits per heavy atom. The summed E-state index contributed by atoms with van der Waals surface area (Å²) in [6, 6.07) is 4.72. The molecule has 0 aliphatic rings. The largest absolute Gasteiger partial charge is 0.493 e. The molecule has 0 saturated carbocycles. The normalized spacial score (nSPS) is 10.3. The first-order valence-corrected chi connectivity index (χ1v) is 5.21. The number of rotatable bonds is 2. The molecule has 0 unspecified atom stereocenters. The summed E-state index contributed by atoms with van der Waals surface area (Å²) in [5.74, 6) is 0.0498. The van der Waals surface area contributed by atoms with Crippen LogP contribution in [0.1, 0.15) is 6.92 Å². The summed E-state index contributed by atoms with van der Waals surface area (Å²) in [6.45, 7) is 1.30. The number of carbonyl (C=O) groups is 1. The Morgan fingerprint density at radius 2 is 2.17 bits per heavy atom. The van der Waals surface area contributed by atoms with Crippen LogP contribution in [0.3, 0.4) is 0 Å². The summed E-state index contributed by atoms with van der Waals surface area (Å²) in [5.41, 5.74) is 5.89. The van der Waals surface area contributed by atoms with Gasteiger partial charge in [0.25, 0.3) is 0 Å². The van der Waals surface area contributed by atoms with E-state index in [2.05, 4.69) is 5.32 Å². The number of carbonyl (C=O) groups excluding carboxylic acids is 1. The Hall–Kier alpha value is -2.50. The number of hydrogen-bond donors (Lipinski definition) is 2. The first-order chi connectivity index (χ1) is 8.52. The van der Waals surface area contributed by atoms with E-state index in [0.717, 1.165) is 0 Å². The van der Waals surface area contributed by atoms with Gasteiger partial charge in [0.1, 0.15) is 5.69 Å². The van der Waals surface area contributed by atoms with Crippen LogP contribution in [-0.4, -0.2) is 13.0 Å². The summed E-state index contributed by atoms with van der Waals surface area (Å²) >= 11 is 0. The smallest absolute Gasteiger partial charge is 0.360 e. The van der Waals surface area contributed by atoms with E-state index in [1.54, 1.807) is 12.1 Å². The standard InChI is InChI=1S/C12H12N2O4/c1-6(15)14-9-5-7-8(13)3-4-10(17-2)11(7)18-12(9)16/h3-5H,13H2,1-2H3,(H,14,15). The molecule has 0 atom stereocenters. The minimum Gasteiger partial charge on any atom is -0.493 e. The second kappa shape index (κ2) is 4.40. The molecule has 3 N–H and O–H groups in total. The molecule has 0 aliphatic heterocycles. The third-order valence-electron chi connectivity index (χ3n) is 2.43. The number of nitrogens with two attached hydrogens (primary N) is 1. The molecule has 2 aromatic rings. The molecule has 1 heterocycles. The van der Waals surface area contributed by atoms with E-state index in [1.807, 2.05) is 0 Å². The molecule has 0 bridgehead atoms. The maximum atomic E-state index is 11.7. The zero-order valence-electron chi connectivity index (χ0n) is 9.94. The molecule has 6 heteroatoms. The number of methoxy groups -OCH3 is 1. The Kier molecular flexibility index (Phi) is 2.93. The van der Waals surface area contributed by atoms with Crippen molar-refractivity contribution in [2.75, 3.05) is 18.2 Å². The van der Waals surface area contributed by atoms with E-state index in [9.17, 15) is 9.59 Å². The number of hydrogen-bond acceptors (Lipinski definition) is 5. The van der Waals surface area contributed by atoms with Crippen LogP contribution >= 0.6 is 0 Å². The lowest BCUT2D eigenvalue weighted by Crippen LogP contribution is -2.14. The van der Waals surface area contributed by atoms with Crippen molar-refractivity contribution < 1.29 is 13.9 Å². The van der Waals surface area contributed by atoms with Crippen molar-refractivity contribution in [1.29, 1.82) is 0 Å². The zero-order valence-corrected chi connectivity index (χ0v) is 9.94. The molecule has 18 heavy (non-hydrogen) atoms. The predicted octanol–water partition coefficient (Wildman–Crippen LogP) is 1.34. The zero-order chi connectivity index (χ0) is 13.3. The van der Waals surface area contributed by atoms with Crippen molar-refractivity contribution in [3.63, 3.8) is 0 Å². The van der Waals surface area contributed by atoms with Crippen LogP contribution in [0, 0.1) is 0 Å². The summed E-state index contributed by atoms with van der Waals surface area (Å²) in [6.07, 6.45) is 0. The molecule has 0 saturated heterocycles. The molecule has 0 radical (unpaired) electrons. The quantitative estimate of drug-likeness (QED) is 0.617. The van der Waals surface area contributed by atoms with Gasteiger partial charge in [-0.2, -0.15) is 0 Å². The SMILES string of the molecule is COc1ccc(N)c2cc(NC(C)=O)c(=O)oc12. The van der Waals surface area contributed by atoms with E-state index >= 15 is 0 Å². The molecule has 1 amide bonds. The molecule has 1 aromatic carbocycles. The van der Waals surface area contributed by atoms with Gasteiger partial charge in [-0.15, -0.1) is 0 Å². The molecular weight excluding hydrogens is 236 g/mol. The van der Waals surface area contributed by atoms with Crippen molar-refractivity contribution >= 4 is 28.3 Å². The van der Waals surface area contributed by atoms with E-state index in [0.29, 0.717) is 16.8 Å². The van der Waals surface area contributed by atoms with Gasteiger partial charge >= 0.3 is 5.63 Å². The van der Waals surface area contributed by atoms with Crippen molar-refractivity contribution in [3.05, 3.63) is 28.6 Å². The molecule has 0 spiro atoms. The van der Waals surface area contributed by atoms with Crippen LogP contribution in [0.25, 0.3) is 11.0 Å². The minimum absolute atomic E-state index is 0.0509. The number of fused-ring (bicyclic) bond motifs is 1. The number of amides is 1. The topological polar surface area (TPSA) is 94.6 Å². The minimum atomic E-state index is -0.651. The van der Waals surface area contributed by atoms with Crippen LogP contribution in [0.2, 0.25) is 0 Å². The van der Waals surface area contributed by atoms with Gasteiger partial charge < -0.3 is 20.2 Å². The third kappa shape index (κ3) is 2.00. The molecule has 6 nitrogen and oxygen atoms in total. The highest BCUT2D eigenvalue weighted by Crippen LogP contribution is 2.30. The second-order valence-corrected chi connectivity index (χ2v) is 3.73. The summed E-state index contributed by atoms with van der Waals surface area (Å²) < 4.78 is 10.2. The number of benzene rings is 1. The van der Waals surface area contributed by atoms with Gasteiger partial charge in [0.2, 0.25) is 5.91 Å². The van der Waals surface area contributed by atoms with E-state index in [1.165, 1.54) is 20.1 Å². The van der Waals surface area contributed by atoms with Crippen molar-refractivity contribution in [2.45, 2.75) is 6.92 Å². The lowest BCUT2D eigenvalue weighted by molar-refractivity contribution is -0.114. The van der Waals surface area contributed by atoms with Crippen LogP contribution in [0.15, 0.2) is 27.4 Å². The number of nitrogen functional groups attached to an aromatic ring is 1. The van der Waals surface area contributed by atoms with Crippen molar-refractivity contribution in [2.24, 2.45) is 0 Å². The monoisotopic (exact) mass is 248 g/mol. The fraction of sp³-hybridized carbons (Fsp3) is 0.167. The van der Waals surface area contributed by atoms with Crippen LogP contribution in [0.4, 0.5) is 11.4 Å². The van der Waals surface area contributed by atoms with Gasteiger partial charge in [0.05, 0.1) is 7.11 Å². The molecule has 0 fully saturated rings. The number of anilines is 2. The van der Waals surface area contributed by atoms with Crippen LogP contribution < -0.4 is 21.4 Å². The molecule has 2 rings (SSSR count). The fourth-order valence-corrected chi connectivity index (χ4v) is 1.64. The Balaban J connectivity index is 2.74. The summed E-state index contributed by atoms with van der Waals surface area (Å²) in [4.78, 5) is 22.6. The Morgan fingerprint density at radius 3 is 2.78 bits per heavy atom. The maximum Gasteiger partial charge on any atom is 0.360 e. The van der Waals surface area contributed by atoms with Crippen molar-refractivity contribution in [1.82, 2.24) is 0 Å². The van der Waals surface area contributed by atoms with Gasteiger partial charge in [-0.25, -0.2) is 4.79 Å². The average Bonchev–Trinajstić information content (AvgIpc) is 2.31. The van der Waals surface area contributed by atoms with Crippen LogP contribution in [0.5, 0.6) is 5.75 Å². The highest BCUT2D eigenvalue weighted by molar-refractivity contribution is 5.97. The van der Waals surface area contributed by atoms with E-state index in [4.69, 9.17) is 14.9 Å². The first-order valence-electron chi connectivity index (χ1n) is 5.21. The van der Waals surface area contributed by atoms with Crippen molar-refractivity contribution in [3.8, 4) is 5.75 Å². The van der Waals surface area contributed by atoms with Gasteiger partial charge in [-0.1, -0.05) is 0 Å². The molecule has 1 aromatic heterocycles. The summed E-state index contributed by atoms with van der Waals surface area (Å²) in [5, 5.41) is 2.90.